The van der Waals surface area contributed by atoms with E-state index in [0.29, 0.717) is 31.9 Å². The number of hydrogen-bond acceptors (Lipinski definition) is 7. The Morgan fingerprint density at radius 2 is 1.70 bits per heavy atom. The molecule has 0 spiro atoms. The van der Waals surface area contributed by atoms with Crippen LogP contribution < -0.4 is 10.2 Å². The smallest absolute Gasteiger partial charge is 0.260 e. The minimum atomic E-state index is -1.62. The van der Waals surface area contributed by atoms with Crippen LogP contribution in [-0.4, -0.2) is 52.8 Å². The van der Waals surface area contributed by atoms with Gasteiger partial charge in [-0.15, -0.1) is 0 Å². The molecule has 46 heavy (non-hydrogen) atoms. The maximum atomic E-state index is 15.1. The number of hydrazine groups is 1. The lowest BCUT2D eigenvalue weighted by Crippen LogP contribution is -2.53. The molecule has 3 aromatic carbocycles. The summed E-state index contributed by atoms with van der Waals surface area (Å²) >= 11 is 9.82. The van der Waals surface area contributed by atoms with E-state index in [1.807, 2.05) is 6.08 Å². The number of fused-ring (bicyclic) bond motifs is 4. The van der Waals surface area contributed by atoms with Gasteiger partial charge in [-0.2, -0.15) is 5.01 Å². The zero-order valence-corrected chi connectivity index (χ0v) is 27.0. The van der Waals surface area contributed by atoms with Crippen molar-refractivity contribution in [2.45, 2.75) is 24.2 Å². The molecule has 236 valence electrons. The Morgan fingerprint density at radius 3 is 2.37 bits per heavy atom. The molecule has 3 aromatic rings. The van der Waals surface area contributed by atoms with Crippen LogP contribution in [0.1, 0.15) is 29.9 Å². The highest BCUT2D eigenvalue weighted by molar-refractivity contribution is 9.10. The molecule has 0 radical (unpaired) electrons. The largest absolute Gasteiger partial charge is 0.504 e. The fourth-order valence-electron chi connectivity index (χ4n) is 8.13. The van der Waals surface area contributed by atoms with Crippen molar-refractivity contribution in [1.29, 1.82) is 0 Å². The number of imide groups is 2. The number of nitrogens with one attached hydrogen (secondary N) is 1. The number of anilines is 1. The molecule has 0 aromatic heterocycles. The second-order valence-electron chi connectivity index (χ2n) is 12.2. The average molecular weight is 709 g/mol. The van der Waals surface area contributed by atoms with Gasteiger partial charge in [-0.3, -0.25) is 29.5 Å². The first kappa shape index (κ1) is 30.4. The molecule has 4 amide bonds. The summed E-state index contributed by atoms with van der Waals surface area (Å²) in [6, 6.07) is 15.2. The molecular weight excluding hydrogens is 681 g/mol. The Morgan fingerprint density at radius 1 is 1.00 bits per heavy atom. The van der Waals surface area contributed by atoms with Crippen molar-refractivity contribution >= 4 is 56.8 Å². The van der Waals surface area contributed by atoms with Gasteiger partial charge in [0.1, 0.15) is 5.82 Å². The third-order valence-corrected chi connectivity index (χ3v) is 10.8. The second-order valence-corrected chi connectivity index (χ2v) is 13.5. The lowest BCUT2D eigenvalue weighted by Gasteiger charge is -2.50. The van der Waals surface area contributed by atoms with Gasteiger partial charge in [0.15, 0.2) is 11.5 Å². The van der Waals surface area contributed by atoms with Crippen molar-refractivity contribution in [3.63, 3.8) is 0 Å². The first-order chi connectivity index (χ1) is 22.0. The number of ether oxygens (including phenoxy) is 1. The van der Waals surface area contributed by atoms with E-state index in [1.165, 1.54) is 38.4 Å². The Balaban J connectivity index is 1.51. The van der Waals surface area contributed by atoms with Crippen LogP contribution in [0, 0.1) is 29.5 Å². The third-order valence-electron chi connectivity index (χ3n) is 10.1. The van der Waals surface area contributed by atoms with Gasteiger partial charge in [-0.05, 0) is 72.9 Å². The van der Waals surface area contributed by atoms with Gasteiger partial charge < -0.3 is 9.84 Å². The highest BCUT2D eigenvalue weighted by Gasteiger charge is 2.70. The summed E-state index contributed by atoms with van der Waals surface area (Å²) in [5, 5.41) is 13.1. The highest BCUT2D eigenvalue weighted by Crippen LogP contribution is 2.65. The van der Waals surface area contributed by atoms with Crippen molar-refractivity contribution in [2.75, 3.05) is 19.6 Å². The van der Waals surface area contributed by atoms with Crippen LogP contribution in [-0.2, 0) is 24.6 Å². The minimum Gasteiger partial charge on any atom is -0.504 e. The standard InChI is InChI=1S/C34H28BrClFN3O6/c1-39-30(42)22-12-11-21-23(27(22)32(39)44)15-25-31(43)40(38-20-9-7-19(37)8-10-20)33(45)34(25,16-3-5-18(36)6-4-16)28(21)24-13-17(35)14-26(46-2)29(24)41/h3-11,13-14,22-23,25,27-28,38,41H,12,15H2,1-2H3. The molecule has 2 aliphatic carbocycles. The van der Waals surface area contributed by atoms with Gasteiger partial charge in [-0.1, -0.05) is 51.3 Å². The molecule has 12 heteroatoms. The van der Waals surface area contributed by atoms with Crippen molar-refractivity contribution in [3.8, 4) is 11.5 Å². The maximum Gasteiger partial charge on any atom is 0.260 e. The number of phenolic OH excluding ortho intramolecular Hbond substituents is 1. The summed E-state index contributed by atoms with van der Waals surface area (Å²) in [6.45, 7) is 0. The molecule has 7 rings (SSSR count). The lowest BCUT2D eigenvalue weighted by molar-refractivity contribution is -0.140. The number of likely N-dealkylation sites (tertiary alicyclic amines) is 1. The monoisotopic (exact) mass is 707 g/mol. The SMILES string of the molecule is COc1cc(Br)cc(C2C3=CCC4C(=O)N(C)C(=O)C4C3CC3C(=O)N(Nc4ccc(F)cc4)C(=O)C32c2ccc(Cl)cc2)c1O. The molecule has 2 aliphatic heterocycles. The molecule has 3 fully saturated rings. The van der Waals surface area contributed by atoms with E-state index < -0.39 is 52.6 Å². The Kier molecular flexibility index (Phi) is 7.24. The number of nitrogens with zero attached hydrogens (tertiary/aromatic N) is 2. The number of phenols is 1. The summed E-state index contributed by atoms with van der Waals surface area (Å²) in [6.07, 6.45) is 2.25. The number of carbonyl (C=O) groups is 4. The summed E-state index contributed by atoms with van der Waals surface area (Å²) in [4.78, 5) is 57.5. The van der Waals surface area contributed by atoms with E-state index >= 15 is 4.79 Å². The molecule has 0 bridgehead atoms. The van der Waals surface area contributed by atoms with E-state index in [4.69, 9.17) is 16.3 Å². The summed E-state index contributed by atoms with van der Waals surface area (Å²) in [5.41, 5.74) is 3.07. The van der Waals surface area contributed by atoms with Crippen molar-refractivity contribution in [1.82, 2.24) is 9.91 Å². The van der Waals surface area contributed by atoms with Crippen LogP contribution in [0.4, 0.5) is 10.1 Å². The molecule has 9 nitrogen and oxygen atoms in total. The van der Waals surface area contributed by atoms with Crippen LogP contribution >= 0.6 is 27.5 Å². The Hall–Kier alpha value is -4.22. The summed E-state index contributed by atoms with van der Waals surface area (Å²) in [5.74, 6) is -6.22. The van der Waals surface area contributed by atoms with Gasteiger partial charge in [0.25, 0.3) is 11.8 Å². The fraction of sp³-hybridized carbons (Fsp3) is 0.294. The van der Waals surface area contributed by atoms with Gasteiger partial charge in [-0.25, -0.2) is 4.39 Å². The zero-order chi connectivity index (χ0) is 32.7. The number of benzene rings is 3. The number of amides is 4. The normalized spacial score (nSPS) is 28.5. The van der Waals surface area contributed by atoms with E-state index in [-0.39, 0.29) is 36.2 Å². The Bertz CT molecular complexity index is 1850. The van der Waals surface area contributed by atoms with Gasteiger partial charge in [0.05, 0.1) is 36.0 Å². The maximum absolute atomic E-state index is 15.1. The topological polar surface area (TPSA) is 116 Å². The number of methoxy groups -OCH3 is 1. The number of rotatable bonds is 5. The van der Waals surface area contributed by atoms with Crippen molar-refractivity contribution in [2.24, 2.45) is 23.7 Å². The number of carbonyl (C=O) groups excluding carboxylic acids is 4. The van der Waals surface area contributed by atoms with Gasteiger partial charge >= 0.3 is 0 Å². The molecule has 6 unspecified atom stereocenters. The van der Waals surface area contributed by atoms with Crippen LogP contribution in [0.5, 0.6) is 11.5 Å². The minimum absolute atomic E-state index is 0.0943. The first-order valence-electron chi connectivity index (χ1n) is 14.7. The zero-order valence-electron chi connectivity index (χ0n) is 24.7. The molecular formula is C34H28BrClFN3O6. The van der Waals surface area contributed by atoms with Crippen molar-refractivity contribution in [3.05, 3.63) is 98.8 Å². The molecule has 2 N–H and O–H groups in total. The first-order valence-corrected chi connectivity index (χ1v) is 15.9. The van der Waals surface area contributed by atoms with Crippen molar-refractivity contribution < 1.29 is 33.4 Å². The predicted octanol–water partition coefficient (Wildman–Crippen LogP) is 5.57. The molecule has 1 saturated carbocycles. The number of hydrogen-bond donors (Lipinski definition) is 2. The Labute approximate surface area is 277 Å². The number of allylic oxidation sites excluding steroid dienone is 2. The fourth-order valence-corrected chi connectivity index (χ4v) is 8.71. The van der Waals surface area contributed by atoms with E-state index in [9.17, 15) is 23.9 Å². The quantitative estimate of drug-likeness (QED) is 0.263. The summed E-state index contributed by atoms with van der Waals surface area (Å²) < 4.78 is 19.8. The number of aromatic hydroxyl groups is 1. The van der Waals surface area contributed by atoms with Crippen LogP contribution in [0.3, 0.4) is 0 Å². The van der Waals surface area contributed by atoms with E-state index in [2.05, 4.69) is 21.4 Å². The molecule has 2 saturated heterocycles. The summed E-state index contributed by atoms with van der Waals surface area (Å²) in [7, 11) is 2.87. The lowest BCUT2D eigenvalue weighted by atomic mass is 9.49. The molecule has 6 atom stereocenters. The van der Waals surface area contributed by atoms with Gasteiger partial charge in [0, 0.05) is 28.0 Å². The highest BCUT2D eigenvalue weighted by atomic mass is 79.9. The van der Waals surface area contributed by atoms with Crippen LogP contribution in [0.15, 0.2) is 76.8 Å². The predicted molar refractivity (Wildman–Crippen MR) is 169 cm³/mol. The average Bonchev–Trinajstić information content (AvgIpc) is 3.40. The van der Waals surface area contributed by atoms with E-state index in [1.54, 1.807) is 36.4 Å². The van der Waals surface area contributed by atoms with Gasteiger partial charge in [0.2, 0.25) is 11.8 Å². The van der Waals surface area contributed by atoms with E-state index in [0.717, 1.165) is 9.91 Å². The van der Waals surface area contributed by atoms with Crippen LogP contribution in [0.25, 0.3) is 0 Å². The van der Waals surface area contributed by atoms with Crippen LogP contribution in [0.2, 0.25) is 5.02 Å². The molecule has 2 heterocycles. The molecule has 4 aliphatic rings. The third kappa shape index (κ3) is 4.24. The second kappa shape index (κ2) is 10.9. The number of halogens is 3.